The molecule has 4 saturated heterocycles. The monoisotopic (exact) mass is 1160 g/mol. The fourth-order valence-corrected chi connectivity index (χ4v) is 9.37. The van der Waals surface area contributed by atoms with E-state index in [-0.39, 0.29) is 38.3 Å². The standard InChI is InChI=1S/C48H86N6O26/c1-20-29(51-41(69)24(59)9-15-55)33(64)37(68)45(74-20)78-39-35(66)31(53-43(71)26(61)11-17-57)22(3)76-47(39)80-40-36(67)32(54-44(72)27(62)12-18-58)23(4)77-48(40)79-38-34(65)30(52-42(70)25(60)10-16-56)21(2)75-46(38)73-19-7-5-6-8-28(63)50-14-13-49/h20-27,29-40,45-48,55-62,64-68H,5-19,49H2,1-4H3,(H,50,63)(H,51,69)(H,52,70)(H,53,71)(H,54,72)/t20-,21-,22-,23-,24-,25-,26-,27-,29-,30-,31-,32-,33+,34+,35+,36+,37+,38+,39+,40+,45-,46+,47-,48-/m1/s1. The van der Waals surface area contributed by atoms with Crippen LogP contribution in [0.2, 0.25) is 0 Å². The number of ether oxygens (including phenoxy) is 8. The molecular weight excluding hydrogens is 1080 g/mol. The molecule has 80 heavy (non-hydrogen) atoms. The molecule has 4 aliphatic rings. The maximum absolute atomic E-state index is 13.2. The first kappa shape index (κ1) is 69.0. The molecule has 0 aromatic rings. The number of carbonyl (C=O) groups excluding carboxylic acids is 5. The van der Waals surface area contributed by atoms with Gasteiger partial charge in [0, 0.05) is 78.2 Å². The Morgan fingerprint density at radius 1 is 0.463 bits per heavy atom. The molecule has 5 amide bonds. The highest BCUT2D eigenvalue weighted by molar-refractivity contribution is 5.82. The van der Waals surface area contributed by atoms with Gasteiger partial charge in [-0.15, -0.1) is 0 Å². The van der Waals surface area contributed by atoms with Gasteiger partial charge in [0.25, 0.3) is 0 Å². The van der Waals surface area contributed by atoms with Crippen molar-refractivity contribution in [1.82, 2.24) is 26.6 Å². The second-order valence-electron chi connectivity index (χ2n) is 20.2. The zero-order valence-corrected chi connectivity index (χ0v) is 45.2. The van der Waals surface area contributed by atoms with E-state index in [0.29, 0.717) is 25.8 Å². The molecule has 0 aromatic carbocycles. The van der Waals surface area contributed by atoms with Gasteiger partial charge in [0.15, 0.2) is 25.2 Å². The average Bonchev–Trinajstić information content (AvgIpc) is 3.41. The molecule has 464 valence electrons. The normalized spacial score (nSPS) is 36.2. The number of hydrogen-bond donors (Lipinski definition) is 19. The van der Waals surface area contributed by atoms with Gasteiger partial charge in [0.1, 0.15) is 73.2 Å². The molecule has 0 bridgehead atoms. The summed E-state index contributed by atoms with van der Waals surface area (Å²) < 4.78 is 49.6. The highest BCUT2D eigenvalue weighted by Gasteiger charge is 2.56. The van der Waals surface area contributed by atoms with E-state index >= 15 is 0 Å². The van der Waals surface area contributed by atoms with Crippen molar-refractivity contribution in [3.8, 4) is 0 Å². The van der Waals surface area contributed by atoms with Crippen LogP contribution in [0.5, 0.6) is 0 Å². The lowest BCUT2D eigenvalue weighted by molar-refractivity contribution is -0.388. The Labute approximate surface area is 461 Å². The fourth-order valence-electron chi connectivity index (χ4n) is 9.37. The number of hydrogen-bond acceptors (Lipinski definition) is 27. The number of unbranched alkanes of at least 4 members (excludes halogenated alkanes) is 2. The van der Waals surface area contributed by atoms with Gasteiger partial charge < -0.3 is 137 Å². The van der Waals surface area contributed by atoms with Crippen molar-refractivity contribution < 1.29 is 128 Å². The number of aliphatic hydroxyl groups excluding tert-OH is 13. The molecule has 0 spiro atoms. The van der Waals surface area contributed by atoms with Crippen molar-refractivity contribution in [1.29, 1.82) is 0 Å². The summed E-state index contributed by atoms with van der Waals surface area (Å²) in [5.41, 5.74) is 5.46. The SMILES string of the molecule is C[C@H]1O[C@H](O[C@@H]2[C@@H](O[C@@H]3[C@@H](O[C@@H]4[C@@H](OCCCCCC(=O)NCCN)O[C@H](C)[C@@H](NC(=O)[C@H](O)CCO)[C@@H]4O)O[C@H](C)[C@@H](NC(=O)[C@H](O)CCO)[C@@H]3O)O[C@H](C)[C@@H](NC(=O)[C@H](O)CCO)[C@@H]2O)[C@@H](O)[C@@H](O)[C@@H]1NC(=O)[C@H](O)CCO. The molecule has 0 aromatic heterocycles. The van der Waals surface area contributed by atoms with Gasteiger partial charge in [-0.3, -0.25) is 24.0 Å². The summed E-state index contributed by atoms with van der Waals surface area (Å²) in [5, 5.41) is 151. The van der Waals surface area contributed by atoms with Crippen molar-refractivity contribution in [2.75, 3.05) is 46.1 Å². The van der Waals surface area contributed by atoms with Crippen molar-refractivity contribution >= 4 is 29.5 Å². The molecule has 0 aliphatic carbocycles. The van der Waals surface area contributed by atoms with Crippen LogP contribution in [0.3, 0.4) is 0 Å². The zero-order chi connectivity index (χ0) is 59.5. The minimum absolute atomic E-state index is 0.0595. The second-order valence-corrected chi connectivity index (χ2v) is 20.2. The molecule has 24 atom stereocenters. The molecule has 0 radical (unpaired) electrons. The largest absolute Gasteiger partial charge is 0.396 e. The van der Waals surface area contributed by atoms with E-state index in [2.05, 4.69) is 26.6 Å². The van der Waals surface area contributed by atoms with Gasteiger partial charge in [-0.05, 0) is 40.5 Å². The Morgan fingerprint density at radius 2 is 0.787 bits per heavy atom. The van der Waals surface area contributed by atoms with Crippen LogP contribution in [-0.2, 0) is 61.9 Å². The highest BCUT2D eigenvalue weighted by atomic mass is 16.8. The van der Waals surface area contributed by atoms with Crippen LogP contribution >= 0.6 is 0 Å². The minimum atomic E-state index is -2.09. The Balaban J connectivity index is 1.76. The van der Waals surface area contributed by atoms with Crippen molar-refractivity contribution in [2.45, 2.75) is 226 Å². The summed E-state index contributed by atoms with van der Waals surface area (Å²) in [6.07, 6.45) is -35.0. The molecule has 0 saturated carbocycles. The molecule has 4 heterocycles. The minimum Gasteiger partial charge on any atom is -0.396 e. The number of nitrogens with one attached hydrogen (secondary N) is 5. The maximum Gasteiger partial charge on any atom is 0.249 e. The quantitative estimate of drug-likeness (QED) is 0.0287. The van der Waals surface area contributed by atoms with Gasteiger partial charge in [-0.1, -0.05) is 6.42 Å². The summed E-state index contributed by atoms with van der Waals surface area (Å²) >= 11 is 0. The van der Waals surface area contributed by atoms with Gasteiger partial charge in [0.05, 0.1) is 48.6 Å². The third-order valence-electron chi connectivity index (χ3n) is 14.1. The number of aliphatic hydroxyl groups is 13. The van der Waals surface area contributed by atoms with Crippen LogP contribution in [0.25, 0.3) is 0 Å². The van der Waals surface area contributed by atoms with Crippen LogP contribution < -0.4 is 32.3 Å². The predicted molar refractivity (Wildman–Crippen MR) is 267 cm³/mol. The Bertz CT molecular complexity index is 1910. The molecule has 32 heteroatoms. The third-order valence-corrected chi connectivity index (χ3v) is 14.1. The van der Waals surface area contributed by atoms with Crippen molar-refractivity contribution in [3.63, 3.8) is 0 Å². The zero-order valence-electron chi connectivity index (χ0n) is 45.2. The van der Waals surface area contributed by atoms with Crippen LogP contribution in [0.15, 0.2) is 0 Å². The Hall–Kier alpha value is -3.53. The van der Waals surface area contributed by atoms with E-state index in [1.807, 2.05) is 0 Å². The van der Waals surface area contributed by atoms with Crippen LogP contribution in [0.4, 0.5) is 0 Å². The first-order valence-corrected chi connectivity index (χ1v) is 26.9. The first-order chi connectivity index (χ1) is 37.9. The summed E-state index contributed by atoms with van der Waals surface area (Å²) in [4.78, 5) is 64.3. The number of carbonyl (C=O) groups is 5. The van der Waals surface area contributed by atoms with E-state index in [0.717, 1.165) is 0 Å². The summed E-state index contributed by atoms with van der Waals surface area (Å²) in [7, 11) is 0. The van der Waals surface area contributed by atoms with Crippen molar-refractivity contribution in [3.05, 3.63) is 0 Å². The van der Waals surface area contributed by atoms with E-state index in [1.165, 1.54) is 27.7 Å². The van der Waals surface area contributed by atoms with Gasteiger partial charge in [0.2, 0.25) is 29.5 Å². The average molecular weight is 1160 g/mol. The van der Waals surface area contributed by atoms with Gasteiger partial charge in [-0.2, -0.15) is 0 Å². The predicted octanol–water partition coefficient (Wildman–Crippen LogP) is -9.51. The smallest absolute Gasteiger partial charge is 0.249 e. The van der Waals surface area contributed by atoms with Gasteiger partial charge >= 0.3 is 0 Å². The molecular formula is C48H86N6O26. The Kier molecular flexibility index (Phi) is 29.0. The topological polar surface area (TPSA) is 508 Å². The molecule has 0 unspecified atom stereocenters. The number of nitrogens with two attached hydrogens (primary N) is 1. The molecule has 4 fully saturated rings. The van der Waals surface area contributed by atoms with Crippen LogP contribution in [0, 0.1) is 0 Å². The maximum atomic E-state index is 13.2. The molecule has 32 nitrogen and oxygen atoms in total. The lowest BCUT2D eigenvalue weighted by Crippen LogP contribution is -2.71. The lowest BCUT2D eigenvalue weighted by Gasteiger charge is -2.51. The first-order valence-electron chi connectivity index (χ1n) is 26.9. The molecule has 20 N–H and O–H groups in total. The Morgan fingerprint density at radius 3 is 1.15 bits per heavy atom. The third kappa shape index (κ3) is 19.0. The van der Waals surface area contributed by atoms with Crippen LogP contribution in [0.1, 0.15) is 79.1 Å². The highest BCUT2D eigenvalue weighted by Crippen LogP contribution is 2.36. The summed E-state index contributed by atoms with van der Waals surface area (Å²) in [5.74, 6) is -4.41. The van der Waals surface area contributed by atoms with Crippen LogP contribution in [-0.4, -0.2) is 289 Å². The van der Waals surface area contributed by atoms with E-state index < -0.39 is 210 Å². The summed E-state index contributed by atoms with van der Waals surface area (Å²) in [6, 6.07) is -5.83. The fraction of sp³-hybridized carbons (Fsp3) is 0.896. The number of rotatable bonds is 31. The van der Waals surface area contributed by atoms with Gasteiger partial charge in [-0.25, -0.2) is 0 Å². The lowest BCUT2D eigenvalue weighted by atomic mass is 9.93. The molecule has 4 aliphatic heterocycles. The summed E-state index contributed by atoms with van der Waals surface area (Å²) in [6.45, 7) is 3.67. The van der Waals surface area contributed by atoms with Crippen molar-refractivity contribution in [2.24, 2.45) is 5.73 Å². The number of amides is 5. The molecule has 4 rings (SSSR count). The van der Waals surface area contributed by atoms with E-state index in [9.17, 15) is 90.4 Å². The van der Waals surface area contributed by atoms with E-state index in [1.54, 1.807) is 0 Å². The van der Waals surface area contributed by atoms with E-state index in [4.69, 9.17) is 43.6 Å². The second kappa shape index (κ2) is 33.7.